The number of anilines is 1. The van der Waals surface area contributed by atoms with Crippen LogP contribution < -0.4 is 9.64 Å². The molecule has 0 radical (unpaired) electrons. The zero-order valence-corrected chi connectivity index (χ0v) is 13.3. The lowest BCUT2D eigenvalue weighted by Crippen LogP contribution is -2.36. The monoisotopic (exact) mass is 355 g/mol. The number of ether oxygens (including phenoxy) is 1. The lowest BCUT2D eigenvalue weighted by molar-refractivity contribution is -0.128. The van der Waals surface area contributed by atoms with E-state index in [0.29, 0.717) is 23.3 Å². The van der Waals surface area contributed by atoms with Gasteiger partial charge in [-0.1, -0.05) is 0 Å². The third-order valence-electron chi connectivity index (χ3n) is 5.09. The molecule has 0 N–H and O–H groups in total. The standard InChI is InChI=1S/C19H11F2NO4/c20-10-1-2-11-12(7-10)18(25)22(17(11)24)14-5-9-6-16(23)19(3-4-19)26-15(9)8-13(14)21/h1-2,5,7-8H,3-4,6H2. The minimum Gasteiger partial charge on any atom is -0.479 e. The van der Waals surface area contributed by atoms with Gasteiger partial charge in [0.15, 0.2) is 17.2 Å². The lowest BCUT2D eigenvalue weighted by Gasteiger charge is -2.26. The van der Waals surface area contributed by atoms with Gasteiger partial charge in [-0.3, -0.25) is 14.4 Å². The molecule has 0 saturated heterocycles. The Hall–Kier alpha value is -3.09. The maximum absolute atomic E-state index is 14.7. The van der Waals surface area contributed by atoms with Gasteiger partial charge in [0.05, 0.1) is 16.8 Å². The van der Waals surface area contributed by atoms with Crippen molar-refractivity contribution in [1.82, 2.24) is 0 Å². The van der Waals surface area contributed by atoms with E-state index in [4.69, 9.17) is 4.74 Å². The summed E-state index contributed by atoms with van der Waals surface area (Å²) in [7, 11) is 0. The molecule has 1 aliphatic carbocycles. The van der Waals surface area contributed by atoms with Crippen molar-refractivity contribution >= 4 is 23.3 Å². The number of hydrogen-bond donors (Lipinski definition) is 0. The summed E-state index contributed by atoms with van der Waals surface area (Å²) in [6.45, 7) is 0. The first-order valence-electron chi connectivity index (χ1n) is 8.13. The highest BCUT2D eigenvalue weighted by atomic mass is 19.1. The van der Waals surface area contributed by atoms with Crippen LogP contribution in [0.2, 0.25) is 0 Å². The van der Waals surface area contributed by atoms with Gasteiger partial charge < -0.3 is 4.74 Å². The van der Waals surface area contributed by atoms with Gasteiger partial charge in [0.25, 0.3) is 11.8 Å². The van der Waals surface area contributed by atoms with E-state index < -0.39 is 29.0 Å². The second-order valence-electron chi connectivity index (χ2n) is 6.74. The van der Waals surface area contributed by atoms with E-state index in [0.717, 1.165) is 18.2 Å². The van der Waals surface area contributed by atoms with Gasteiger partial charge in [0.2, 0.25) is 0 Å². The normalized spacial score (nSPS) is 19.5. The second kappa shape index (κ2) is 4.75. The SMILES string of the molecule is O=C1c2ccc(F)cc2C(=O)N1c1cc2c(cc1F)OC1(CC1)C(=O)C2. The third-order valence-corrected chi connectivity index (χ3v) is 5.09. The van der Waals surface area contributed by atoms with E-state index in [1.165, 1.54) is 12.1 Å². The number of nitrogens with zero attached hydrogens (tertiary/aromatic N) is 1. The van der Waals surface area contributed by atoms with Gasteiger partial charge in [-0.2, -0.15) is 0 Å². The number of hydrogen-bond acceptors (Lipinski definition) is 4. The minimum atomic E-state index is -0.825. The number of amides is 2. The Balaban J connectivity index is 1.60. The van der Waals surface area contributed by atoms with Crippen LogP contribution in [0.15, 0.2) is 30.3 Å². The molecule has 2 aliphatic heterocycles. The number of Topliss-reactive ketones (excluding diaryl/α,β-unsaturated/α-hetero) is 1. The van der Waals surface area contributed by atoms with Crippen molar-refractivity contribution in [2.24, 2.45) is 0 Å². The predicted octanol–water partition coefficient (Wildman–Crippen LogP) is 2.80. The minimum absolute atomic E-state index is 0.0118. The van der Waals surface area contributed by atoms with Crippen LogP contribution in [-0.2, 0) is 11.2 Å². The number of imide groups is 1. The van der Waals surface area contributed by atoms with Crippen LogP contribution in [0, 0.1) is 11.6 Å². The Bertz CT molecular complexity index is 1040. The Morgan fingerprint density at radius 2 is 1.69 bits per heavy atom. The lowest BCUT2D eigenvalue weighted by atomic mass is 9.98. The van der Waals surface area contributed by atoms with Crippen molar-refractivity contribution in [3.8, 4) is 5.75 Å². The average molecular weight is 355 g/mol. The molecule has 2 heterocycles. The smallest absolute Gasteiger partial charge is 0.266 e. The summed E-state index contributed by atoms with van der Waals surface area (Å²) in [4.78, 5) is 37.9. The molecule has 5 nitrogen and oxygen atoms in total. The number of halogens is 2. The molecule has 26 heavy (non-hydrogen) atoms. The van der Waals surface area contributed by atoms with Crippen LogP contribution in [0.4, 0.5) is 14.5 Å². The molecule has 1 saturated carbocycles. The maximum atomic E-state index is 14.7. The van der Waals surface area contributed by atoms with Crippen LogP contribution in [0.1, 0.15) is 39.1 Å². The molecular formula is C19H11F2NO4. The van der Waals surface area contributed by atoms with E-state index in [-0.39, 0.29) is 34.8 Å². The Labute approximate surface area is 146 Å². The van der Waals surface area contributed by atoms with Crippen LogP contribution in [0.5, 0.6) is 5.75 Å². The van der Waals surface area contributed by atoms with Crippen LogP contribution in [0.3, 0.4) is 0 Å². The number of benzene rings is 2. The number of carbonyl (C=O) groups is 3. The van der Waals surface area contributed by atoms with Gasteiger partial charge in [0.1, 0.15) is 11.6 Å². The van der Waals surface area contributed by atoms with Crippen molar-refractivity contribution in [2.75, 3.05) is 4.90 Å². The molecule has 2 aromatic rings. The molecule has 7 heteroatoms. The molecule has 0 bridgehead atoms. The summed E-state index contributed by atoms with van der Waals surface area (Å²) in [5, 5.41) is 0. The second-order valence-corrected chi connectivity index (χ2v) is 6.74. The number of carbonyl (C=O) groups excluding carboxylic acids is 3. The zero-order valence-electron chi connectivity index (χ0n) is 13.3. The summed E-state index contributed by atoms with van der Waals surface area (Å²) < 4.78 is 33.7. The first-order chi connectivity index (χ1) is 12.4. The highest BCUT2D eigenvalue weighted by Crippen LogP contribution is 2.47. The molecule has 2 amide bonds. The zero-order chi connectivity index (χ0) is 18.2. The van der Waals surface area contributed by atoms with Crippen LogP contribution >= 0.6 is 0 Å². The molecule has 130 valence electrons. The molecular weight excluding hydrogens is 344 g/mol. The summed E-state index contributed by atoms with van der Waals surface area (Å²) >= 11 is 0. The van der Waals surface area contributed by atoms with Gasteiger partial charge in [-0.05, 0) is 37.1 Å². The van der Waals surface area contributed by atoms with Gasteiger partial charge in [0, 0.05) is 18.1 Å². The van der Waals surface area contributed by atoms with Crippen molar-refractivity contribution in [3.63, 3.8) is 0 Å². The van der Waals surface area contributed by atoms with Gasteiger partial charge >= 0.3 is 0 Å². The van der Waals surface area contributed by atoms with Gasteiger partial charge in [-0.25, -0.2) is 13.7 Å². The molecule has 5 rings (SSSR count). The van der Waals surface area contributed by atoms with Crippen molar-refractivity contribution in [1.29, 1.82) is 0 Å². The fourth-order valence-corrected chi connectivity index (χ4v) is 3.52. The average Bonchev–Trinajstić information content (AvgIpc) is 3.33. The largest absolute Gasteiger partial charge is 0.479 e. The molecule has 2 aromatic carbocycles. The first kappa shape index (κ1) is 15.2. The fraction of sp³-hybridized carbons (Fsp3) is 0.211. The maximum Gasteiger partial charge on any atom is 0.266 e. The van der Waals surface area contributed by atoms with Gasteiger partial charge in [-0.15, -0.1) is 0 Å². The fourth-order valence-electron chi connectivity index (χ4n) is 3.52. The number of rotatable bonds is 1. The topological polar surface area (TPSA) is 63.7 Å². The Kier molecular flexibility index (Phi) is 2.77. The summed E-state index contributed by atoms with van der Waals surface area (Å²) in [5.41, 5.74) is -0.770. The highest BCUT2D eigenvalue weighted by Gasteiger charge is 2.54. The first-order valence-corrected chi connectivity index (χ1v) is 8.13. The molecule has 1 spiro atoms. The molecule has 1 fully saturated rings. The predicted molar refractivity (Wildman–Crippen MR) is 85.2 cm³/mol. The number of ketones is 1. The van der Waals surface area contributed by atoms with E-state index in [1.807, 2.05) is 0 Å². The summed E-state index contributed by atoms with van der Waals surface area (Å²) in [6, 6.07) is 5.61. The number of fused-ring (bicyclic) bond motifs is 2. The molecule has 0 atom stereocenters. The quantitative estimate of drug-likeness (QED) is 0.738. The van der Waals surface area contributed by atoms with E-state index in [1.54, 1.807) is 0 Å². The molecule has 0 aromatic heterocycles. The summed E-state index contributed by atoms with van der Waals surface area (Å²) in [5.74, 6) is -2.84. The van der Waals surface area contributed by atoms with Crippen LogP contribution in [0.25, 0.3) is 0 Å². The van der Waals surface area contributed by atoms with Crippen molar-refractivity contribution < 1.29 is 27.9 Å². The van der Waals surface area contributed by atoms with E-state index in [9.17, 15) is 23.2 Å². The Morgan fingerprint density at radius 3 is 2.42 bits per heavy atom. The van der Waals surface area contributed by atoms with E-state index in [2.05, 4.69) is 0 Å². The molecule has 3 aliphatic rings. The van der Waals surface area contributed by atoms with E-state index >= 15 is 0 Å². The van der Waals surface area contributed by atoms with Crippen molar-refractivity contribution in [3.05, 3.63) is 58.7 Å². The van der Waals surface area contributed by atoms with Crippen LogP contribution in [-0.4, -0.2) is 23.2 Å². The third kappa shape index (κ3) is 1.91. The van der Waals surface area contributed by atoms with Crippen molar-refractivity contribution in [2.45, 2.75) is 24.9 Å². The summed E-state index contributed by atoms with van der Waals surface area (Å²) in [6.07, 6.45) is 1.28. The Morgan fingerprint density at radius 1 is 0.962 bits per heavy atom. The molecule has 0 unspecified atom stereocenters. The highest BCUT2D eigenvalue weighted by molar-refractivity contribution is 6.34.